The summed E-state index contributed by atoms with van der Waals surface area (Å²) in [7, 11) is 3.13. The molecule has 0 fully saturated rings. The molecule has 12 heteroatoms. The topological polar surface area (TPSA) is 211 Å². The molecule has 0 heterocycles. The van der Waals surface area contributed by atoms with Crippen molar-refractivity contribution in [3.05, 3.63) is 75.8 Å². The SMILES string of the molecule is CN(C)[C@@H]1C(O)=C(C(N)=O)C(=O)[C@@]2(O)C(O)=C3C(=O)c4c(O)ccc(-c5cccc(C(=O)NCCO)c5)c4C[C@H]3C[C@@H]12. The lowest BCUT2D eigenvalue weighted by Crippen LogP contribution is -2.63. The molecule has 4 atom stereocenters. The molecule has 0 aliphatic heterocycles. The molecule has 2 amide bonds. The largest absolute Gasteiger partial charge is 0.510 e. The number of ketones is 2. The minimum atomic E-state index is -2.71. The first-order valence-corrected chi connectivity index (χ1v) is 13.3. The van der Waals surface area contributed by atoms with E-state index in [0.717, 1.165) is 0 Å². The molecule has 0 bridgehead atoms. The number of phenols is 1. The number of nitrogens with zero attached hydrogens (tertiary/aromatic N) is 1. The smallest absolute Gasteiger partial charge is 0.255 e. The Morgan fingerprint density at radius 1 is 1.12 bits per heavy atom. The van der Waals surface area contributed by atoms with Crippen molar-refractivity contribution in [2.24, 2.45) is 17.6 Å². The first kappa shape index (κ1) is 29.0. The highest BCUT2D eigenvalue weighted by molar-refractivity contribution is 6.25. The van der Waals surface area contributed by atoms with Gasteiger partial charge in [0.05, 0.1) is 18.2 Å². The van der Waals surface area contributed by atoms with Crippen molar-refractivity contribution in [1.82, 2.24) is 10.2 Å². The number of hydrogen-bond acceptors (Lipinski definition) is 10. The van der Waals surface area contributed by atoms with E-state index < -0.39 is 64.0 Å². The Labute approximate surface area is 240 Å². The van der Waals surface area contributed by atoms with Gasteiger partial charge < -0.3 is 36.6 Å². The standard InChI is InChI=1S/C30H31N3O9/c1-33(2)23-18-12-15-11-17-16(13-4-3-5-14(10-13)29(41)32-8-9-34)6-7-19(35)21(17)24(36)20(15)26(38)30(18,42)27(39)22(25(23)37)28(31)40/h3-7,10,15,18,23,34-35,37-38,42H,8-9,11-12H2,1-2H3,(H2,31,40)(H,32,41)/t15-,18-,23-,30-/m0/s1. The first-order chi connectivity index (χ1) is 19.8. The zero-order valence-corrected chi connectivity index (χ0v) is 22.9. The van der Waals surface area contributed by atoms with Crippen molar-refractivity contribution in [2.45, 2.75) is 24.5 Å². The molecule has 2 aromatic rings. The van der Waals surface area contributed by atoms with Crippen LogP contribution in [0.25, 0.3) is 11.1 Å². The maximum Gasteiger partial charge on any atom is 0.255 e. The Balaban J connectivity index is 1.66. The van der Waals surface area contributed by atoms with Gasteiger partial charge in [-0.1, -0.05) is 18.2 Å². The van der Waals surface area contributed by atoms with Crippen LogP contribution in [0.4, 0.5) is 0 Å². The molecule has 0 radical (unpaired) electrons. The molecule has 0 saturated heterocycles. The summed E-state index contributed by atoms with van der Waals surface area (Å²) < 4.78 is 0. The molecule has 2 aromatic carbocycles. The van der Waals surface area contributed by atoms with Gasteiger partial charge in [0.15, 0.2) is 11.4 Å². The van der Waals surface area contributed by atoms with E-state index in [4.69, 9.17) is 10.8 Å². The molecule has 8 N–H and O–H groups in total. The van der Waals surface area contributed by atoms with E-state index >= 15 is 0 Å². The molecular formula is C30H31N3O9. The molecule has 220 valence electrons. The van der Waals surface area contributed by atoms with Gasteiger partial charge >= 0.3 is 0 Å². The van der Waals surface area contributed by atoms with Crippen LogP contribution in [0.2, 0.25) is 0 Å². The number of aliphatic hydroxyl groups excluding tert-OH is 3. The van der Waals surface area contributed by atoms with Gasteiger partial charge in [-0.05, 0) is 67.7 Å². The number of phenolic OH excluding ortho intramolecular Hbond substituents is 1. The maximum atomic E-state index is 13.9. The van der Waals surface area contributed by atoms with E-state index in [-0.39, 0.29) is 42.9 Å². The number of carbonyl (C=O) groups is 4. The van der Waals surface area contributed by atoms with E-state index in [1.165, 1.54) is 11.0 Å². The number of fused-ring (bicyclic) bond motifs is 3. The number of carbonyl (C=O) groups excluding carboxylic acids is 4. The van der Waals surface area contributed by atoms with Gasteiger partial charge in [0.25, 0.3) is 11.8 Å². The number of primary amides is 1. The highest BCUT2D eigenvalue weighted by atomic mass is 16.3. The lowest BCUT2D eigenvalue weighted by molar-refractivity contribution is -0.148. The number of allylic oxidation sites excluding steroid dienone is 1. The quantitative estimate of drug-likeness (QED) is 0.236. The Morgan fingerprint density at radius 2 is 1.83 bits per heavy atom. The minimum Gasteiger partial charge on any atom is -0.510 e. The second-order valence-corrected chi connectivity index (χ2v) is 11.0. The highest BCUT2D eigenvalue weighted by Crippen LogP contribution is 2.53. The van der Waals surface area contributed by atoms with Gasteiger partial charge in [0.1, 0.15) is 22.8 Å². The average molecular weight is 578 g/mol. The number of amides is 2. The van der Waals surface area contributed by atoms with Crippen LogP contribution in [-0.4, -0.2) is 92.7 Å². The zero-order valence-electron chi connectivity index (χ0n) is 22.9. The monoisotopic (exact) mass is 577 g/mol. The van der Waals surface area contributed by atoms with Crippen molar-refractivity contribution in [3.63, 3.8) is 0 Å². The third-order valence-electron chi connectivity index (χ3n) is 8.44. The fourth-order valence-electron chi connectivity index (χ4n) is 6.62. The van der Waals surface area contributed by atoms with E-state index in [2.05, 4.69) is 5.32 Å². The second kappa shape index (κ2) is 10.4. The zero-order chi connectivity index (χ0) is 30.7. The van der Waals surface area contributed by atoms with Crippen molar-refractivity contribution < 1.29 is 44.7 Å². The summed E-state index contributed by atoms with van der Waals surface area (Å²) in [6.07, 6.45) is 0.0731. The van der Waals surface area contributed by atoms with Gasteiger partial charge in [0, 0.05) is 23.6 Å². The van der Waals surface area contributed by atoms with Crippen LogP contribution >= 0.6 is 0 Å². The van der Waals surface area contributed by atoms with Crippen molar-refractivity contribution in [1.29, 1.82) is 0 Å². The number of benzene rings is 2. The third kappa shape index (κ3) is 4.18. The molecule has 12 nitrogen and oxygen atoms in total. The highest BCUT2D eigenvalue weighted by Gasteiger charge is 2.63. The Bertz CT molecular complexity index is 1610. The number of nitrogens with one attached hydrogen (secondary N) is 1. The Hall–Kier alpha value is -4.52. The van der Waals surface area contributed by atoms with Gasteiger partial charge in [-0.25, -0.2) is 0 Å². The molecule has 0 unspecified atom stereocenters. The normalized spacial score (nSPS) is 25.2. The van der Waals surface area contributed by atoms with Crippen LogP contribution in [0.1, 0.15) is 32.7 Å². The van der Waals surface area contributed by atoms with E-state index in [9.17, 15) is 39.6 Å². The summed E-state index contributed by atoms with van der Waals surface area (Å²) in [5, 5.41) is 56.4. The number of hydrogen-bond donors (Lipinski definition) is 7. The van der Waals surface area contributed by atoms with Crippen LogP contribution in [-0.2, 0) is 16.0 Å². The molecule has 0 saturated carbocycles. The average Bonchev–Trinajstić information content (AvgIpc) is 2.93. The van der Waals surface area contributed by atoms with Gasteiger partial charge in [-0.3, -0.25) is 24.1 Å². The third-order valence-corrected chi connectivity index (χ3v) is 8.44. The predicted molar refractivity (Wildman–Crippen MR) is 149 cm³/mol. The number of nitrogens with two attached hydrogens (primary N) is 1. The van der Waals surface area contributed by atoms with Gasteiger partial charge in [-0.2, -0.15) is 0 Å². The molecule has 3 aliphatic carbocycles. The number of aliphatic hydroxyl groups is 4. The Kier molecular flexibility index (Phi) is 7.17. The summed E-state index contributed by atoms with van der Waals surface area (Å²) in [5.74, 6) is -7.60. The number of aromatic hydroxyl groups is 1. The lowest BCUT2D eigenvalue weighted by Gasteiger charge is -2.50. The summed E-state index contributed by atoms with van der Waals surface area (Å²) in [4.78, 5) is 53.5. The second-order valence-electron chi connectivity index (χ2n) is 11.0. The van der Waals surface area contributed by atoms with Crippen LogP contribution in [0.5, 0.6) is 5.75 Å². The molecule has 0 spiro atoms. The number of likely N-dealkylation sites (N-methyl/N-ethyl adjacent to an activating group) is 1. The molecule has 3 aliphatic rings. The molecule has 5 rings (SSSR count). The van der Waals surface area contributed by atoms with Crippen LogP contribution < -0.4 is 11.1 Å². The lowest BCUT2D eigenvalue weighted by atomic mass is 9.58. The molecule has 0 aromatic heterocycles. The van der Waals surface area contributed by atoms with Crippen molar-refractivity contribution in [3.8, 4) is 16.9 Å². The fraction of sp³-hybridized carbons (Fsp3) is 0.333. The number of Topliss-reactive ketones (excluding diaryl/α,β-unsaturated/α-hetero) is 2. The minimum absolute atomic E-state index is 0.0372. The van der Waals surface area contributed by atoms with E-state index in [1.807, 2.05) is 0 Å². The predicted octanol–water partition coefficient (Wildman–Crippen LogP) is 0.510. The van der Waals surface area contributed by atoms with Crippen LogP contribution in [0.3, 0.4) is 0 Å². The van der Waals surface area contributed by atoms with Crippen molar-refractivity contribution in [2.75, 3.05) is 27.2 Å². The molecular weight excluding hydrogens is 546 g/mol. The van der Waals surface area contributed by atoms with Crippen molar-refractivity contribution >= 4 is 23.4 Å². The van der Waals surface area contributed by atoms with E-state index in [0.29, 0.717) is 22.3 Å². The summed E-state index contributed by atoms with van der Waals surface area (Å²) in [6, 6.07) is 8.43. The maximum absolute atomic E-state index is 13.9. The summed E-state index contributed by atoms with van der Waals surface area (Å²) >= 11 is 0. The summed E-state index contributed by atoms with van der Waals surface area (Å²) in [6.45, 7) is -0.154. The number of rotatable bonds is 6. The van der Waals surface area contributed by atoms with E-state index in [1.54, 1.807) is 44.4 Å². The fourth-order valence-corrected chi connectivity index (χ4v) is 6.62. The van der Waals surface area contributed by atoms with Gasteiger partial charge in [0.2, 0.25) is 5.78 Å². The van der Waals surface area contributed by atoms with Crippen LogP contribution in [0, 0.1) is 11.8 Å². The van der Waals surface area contributed by atoms with Crippen LogP contribution in [0.15, 0.2) is 59.1 Å². The first-order valence-electron chi connectivity index (χ1n) is 13.3. The summed E-state index contributed by atoms with van der Waals surface area (Å²) in [5.41, 5.74) is 3.30. The molecule has 42 heavy (non-hydrogen) atoms. The Morgan fingerprint density at radius 3 is 2.48 bits per heavy atom. The van der Waals surface area contributed by atoms with Gasteiger partial charge in [-0.15, -0.1) is 0 Å².